The van der Waals surface area contributed by atoms with Crippen molar-refractivity contribution < 1.29 is 8.81 Å². The Labute approximate surface area is 99.5 Å². The molecule has 0 atom stereocenters. The van der Waals surface area contributed by atoms with E-state index in [1.165, 1.54) is 6.07 Å². The van der Waals surface area contributed by atoms with Crippen LogP contribution >= 0.6 is 0 Å². The molecule has 0 aliphatic carbocycles. The molecule has 1 heterocycles. The van der Waals surface area contributed by atoms with Gasteiger partial charge in [0.1, 0.15) is 17.8 Å². The normalized spacial score (nSPS) is 11.1. The molecule has 0 aliphatic rings. The average molecular weight is 234 g/mol. The Kier molecular flexibility index (Phi) is 3.24. The van der Waals surface area contributed by atoms with Gasteiger partial charge in [-0.3, -0.25) is 0 Å². The highest BCUT2D eigenvalue weighted by molar-refractivity contribution is 5.59. The zero-order chi connectivity index (χ0) is 12.4. The van der Waals surface area contributed by atoms with Gasteiger partial charge in [-0.2, -0.15) is 0 Å². The summed E-state index contributed by atoms with van der Waals surface area (Å²) in [4.78, 5) is 4.36. The summed E-state index contributed by atoms with van der Waals surface area (Å²) in [7, 11) is 0. The molecular formula is C13H15FN2O. The molecule has 0 aliphatic heterocycles. The minimum atomic E-state index is -0.288. The van der Waals surface area contributed by atoms with Crippen LogP contribution < -0.4 is 5.73 Å². The van der Waals surface area contributed by atoms with E-state index in [1.54, 1.807) is 18.4 Å². The van der Waals surface area contributed by atoms with Crippen LogP contribution in [0.1, 0.15) is 31.2 Å². The number of benzene rings is 1. The number of hydrogen-bond acceptors (Lipinski definition) is 3. The van der Waals surface area contributed by atoms with E-state index in [0.717, 1.165) is 5.56 Å². The molecule has 3 nitrogen and oxygen atoms in total. The van der Waals surface area contributed by atoms with Crippen molar-refractivity contribution in [2.45, 2.75) is 26.3 Å². The Morgan fingerprint density at radius 2 is 2.18 bits per heavy atom. The molecule has 2 aromatic rings. The number of hydrogen-bond donors (Lipinski definition) is 1. The molecule has 0 amide bonds. The van der Waals surface area contributed by atoms with Crippen molar-refractivity contribution in [3.05, 3.63) is 41.7 Å². The first-order valence-electron chi connectivity index (χ1n) is 5.56. The van der Waals surface area contributed by atoms with E-state index < -0.39 is 0 Å². The number of nitrogens with zero attached hydrogens (tertiary/aromatic N) is 1. The van der Waals surface area contributed by atoms with Crippen LogP contribution in [0.15, 0.2) is 28.9 Å². The number of nitrogens with two attached hydrogens (primary N) is 1. The summed E-state index contributed by atoms with van der Waals surface area (Å²) in [6, 6.07) is 4.79. The van der Waals surface area contributed by atoms with Crippen molar-refractivity contribution in [3.8, 4) is 11.3 Å². The topological polar surface area (TPSA) is 52.0 Å². The van der Waals surface area contributed by atoms with Gasteiger partial charge in [0.05, 0.1) is 0 Å². The lowest BCUT2D eigenvalue weighted by Gasteiger charge is -2.02. The number of halogens is 1. The highest BCUT2D eigenvalue weighted by Crippen LogP contribution is 2.23. The van der Waals surface area contributed by atoms with Gasteiger partial charge in [-0.25, -0.2) is 9.37 Å². The number of aromatic nitrogens is 1. The first kappa shape index (κ1) is 11.8. The zero-order valence-corrected chi connectivity index (χ0v) is 9.90. The smallest absolute Gasteiger partial charge is 0.197 e. The molecule has 90 valence electrons. The highest BCUT2D eigenvalue weighted by atomic mass is 19.1. The minimum Gasteiger partial charge on any atom is -0.448 e. The lowest BCUT2D eigenvalue weighted by Crippen LogP contribution is -1.99. The van der Waals surface area contributed by atoms with Gasteiger partial charge in [0.2, 0.25) is 0 Å². The molecule has 2 N–H and O–H groups in total. The van der Waals surface area contributed by atoms with E-state index in [2.05, 4.69) is 4.98 Å². The fourth-order valence-corrected chi connectivity index (χ4v) is 1.58. The lowest BCUT2D eigenvalue weighted by atomic mass is 10.1. The summed E-state index contributed by atoms with van der Waals surface area (Å²) in [6.07, 6.45) is 1.59. The lowest BCUT2D eigenvalue weighted by molar-refractivity contribution is 0.471. The Hall–Kier alpha value is -1.68. The predicted molar refractivity (Wildman–Crippen MR) is 63.9 cm³/mol. The molecule has 1 aromatic heterocycles. The van der Waals surface area contributed by atoms with Crippen LogP contribution in [-0.4, -0.2) is 4.98 Å². The molecule has 0 radical (unpaired) electrons. The zero-order valence-electron chi connectivity index (χ0n) is 9.90. The third-order valence-corrected chi connectivity index (χ3v) is 2.58. The minimum absolute atomic E-state index is 0.175. The Bertz CT molecular complexity index is 520. The number of oxazole rings is 1. The maximum Gasteiger partial charge on any atom is 0.197 e. The number of rotatable bonds is 3. The quantitative estimate of drug-likeness (QED) is 0.887. The van der Waals surface area contributed by atoms with Crippen LogP contribution in [0.4, 0.5) is 4.39 Å². The van der Waals surface area contributed by atoms with Crippen molar-refractivity contribution in [2.75, 3.05) is 0 Å². The molecule has 0 unspecified atom stereocenters. The van der Waals surface area contributed by atoms with Crippen molar-refractivity contribution in [1.82, 2.24) is 4.98 Å². The molecule has 4 heteroatoms. The Balaban J connectivity index is 2.38. The first-order chi connectivity index (χ1) is 8.11. The summed E-state index contributed by atoms with van der Waals surface area (Å²) in [5.74, 6) is 0.626. The highest BCUT2D eigenvalue weighted by Gasteiger charge is 2.10. The van der Waals surface area contributed by atoms with Crippen LogP contribution in [0, 0.1) is 5.82 Å². The second kappa shape index (κ2) is 4.67. The molecule has 0 spiro atoms. The van der Waals surface area contributed by atoms with Gasteiger partial charge in [-0.15, -0.1) is 0 Å². The summed E-state index contributed by atoms with van der Waals surface area (Å²) >= 11 is 0. The fraction of sp³-hybridized carbons (Fsp3) is 0.308. The fourth-order valence-electron chi connectivity index (χ4n) is 1.58. The van der Waals surface area contributed by atoms with Crippen molar-refractivity contribution >= 4 is 0 Å². The van der Waals surface area contributed by atoms with Crippen LogP contribution in [0.5, 0.6) is 0 Å². The van der Waals surface area contributed by atoms with Crippen LogP contribution in [0.2, 0.25) is 0 Å². The molecule has 1 aromatic carbocycles. The van der Waals surface area contributed by atoms with E-state index in [0.29, 0.717) is 17.1 Å². The molecular weight excluding hydrogens is 219 g/mol. The van der Waals surface area contributed by atoms with E-state index in [4.69, 9.17) is 10.2 Å². The molecule has 0 fully saturated rings. The van der Waals surface area contributed by atoms with Crippen molar-refractivity contribution in [1.29, 1.82) is 0 Å². The van der Waals surface area contributed by atoms with E-state index in [-0.39, 0.29) is 18.3 Å². The van der Waals surface area contributed by atoms with Gasteiger partial charge in [-0.05, 0) is 18.2 Å². The summed E-state index contributed by atoms with van der Waals surface area (Å²) in [5.41, 5.74) is 7.48. The van der Waals surface area contributed by atoms with Gasteiger partial charge in [-0.1, -0.05) is 13.8 Å². The maximum atomic E-state index is 13.3. The average Bonchev–Trinajstić information content (AvgIpc) is 2.79. The van der Waals surface area contributed by atoms with Crippen LogP contribution in [-0.2, 0) is 6.54 Å². The van der Waals surface area contributed by atoms with Crippen molar-refractivity contribution in [3.63, 3.8) is 0 Å². The van der Waals surface area contributed by atoms with Crippen LogP contribution in [0.25, 0.3) is 11.3 Å². The van der Waals surface area contributed by atoms with Crippen LogP contribution in [0.3, 0.4) is 0 Å². The standard InChI is InChI=1S/C13H15FN2O/c1-8(2)13-16-12(7-17-13)9-3-4-11(14)10(5-9)6-15/h3-5,7-8H,6,15H2,1-2H3. The van der Waals surface area contributed by atoms with Gasteiger partial charge in [0.15, 0.2) is 5.89 Å². The summed E-state index contributed by atoms with van der Waals surface area (Å²) < 4.78 is 18.6. The maximum absolute atomic E-state index is 13.3. The Morgan fingerprint density at radius 1 is 1.41 bits per heavy atom. The monoisotopic (exact) mass is 234 g/mol. The molecule has 0 bridgehead atoms. The third-order valence-electron chi connectivity index (χ3n) is 2.58. The third kappa shape index (κ3) is 2.36. The molecule has 0 saturated carbocycles. The molecule has 2 rings (SSSR count). The van der Waals surface area contributed by atoms with Crippen molar-refractivity contribution in [2.24, 2.45) is 5.73 Å². The SMILES string of the molecule is CC(C)c1nc(-c2ccc(F)c(CN)c2)co1. The second-order valence-electron chi connectivity index (χ2n) is 4.24. The molecule has 0 saturated heterocycles. The largest absolute Gasteiger partial charge is 0.448 e. The first-order valence-corrected chi connectivity index (χ1v) is 5.56. The predicted octanol–water partition coefficient (Wildman–Crippen LogP) is 3.06. The van der Waals surface area contributed by atoms with E-state index in [9.17, 15) is 4.39 Å². The Morgan fingerprint density at radius 3 is 2.76 bits per heavy atom. The summed E-state index contributed by atoms with van der Waals surface area (Å²) in [5, 5.41) is 0. The van der Waals surface area contributed by atoms with E-state index >= 15 is 0 Å². The van der Waals surface area contributed by atoms with Gasteiger partial charge in [0.25, 0.3) is 0 Å². The van der Waals surface area contributed by atoms with Gasteiger partial charge >= 0.3 is 0 Å². The summed E-state index contributed by atoms with van der Waals surface area (Å²) in [6.45, 7) is 4.19. The van der Waals surface area contributed by atoms with E-state index in [1.807, 2.05) is 13.8 Å². The van der Waals surface area contributed by atoms with Gasteiger partial charge < -0.3 is 10.2 Å². The van der Waals surface area contributed by atoms with Gasteiger partial charge in [0, 0.05) is 23.6 Å². The molecule has 17 heavy (non-hydrogen) atoms. The second-order valence-corrected chi connectivity index (χ2v) is 4.24.